The summed E-state index contributed by atoms with van der Waals surface area (Å²) in [6.07, 6.45) is 3.04. The normalized spacial score (nSPS) is 10.9. The summed E-state index contributed by atoms with van der Waals surface area (Å²) in [5.41, 5.74) is 1.58. The molecular formula is C17H18N4O3. The van der Waals surface area contributed by atoms with E-state index in [1.54, 1.807) is 6.92 Å². The summed E-state index contributed by atoms with van der Waals surface area (Å²) in [4.78, 5) is 28.3. The van der Waals surface area contributed by atoms with E-state index in [9.17, 15) is 9.59 Å². The van der Waals surface area contributed by atoms with Gasteiger partial charge in [-0.05, 0) is 25.3 Å². The molecule has 0 bridgehead atoms. The molecule has 0 aliphatic heterocycles. The van der Waals surface area contributed by atoms with Crippen molar-refractivity contribution in [2.75, 3.05) is 6.54 Å². The molecule has 1 aromatic carbocycles. The lowest BCUT2D eigenvalue weighted by atomic mass is 10.1. The van der Waals surface area contributed by atoms with Gasteiger partial charge in [0, 0.05) is 6.54 Å². The summed E-state index contributed by atoms with van der Waals surface area (Å²) in [5.74, 6) is -0.222. The first-order valence-electron chi connectivity index (χ1n) is 7.77. The molecule has 0 fully saturated rings. The molecule has 0 unspecified atom stereocenters. The Hall–Kier alpha value is -2.96. The van der Waals surface area contributed by atoms with Crippen molar-refractivity contribution < 1.29 is 9.32 Å². The van der Waals surface area contributed by atoms with E-state index in [2.05, 4.69) is 27.6 Å². The summed E-state index contributed by atoms with van der Waals surface area (Å²) < 4.78 is 6.20. The predicted octanol–water partition coefficient (Wildman–Crippen LogP) is 1.44. The lowest BCUT2D eigenvalue weighted by Gasteiger charge is -2.07. The van der Waals surface area contributed by atoms with E-state index in [-0.39, 0.29) is 23.7 Å². The highest BCUT2D eigenvalue weighted by Gasteiger charge is 2.13. The lowest BCUT2D eigenvalue weighted by Crippen LogP contribution is -2.33. The van der Waals surface area contributed by atoms with Gasteiger partial charge in [-0.1, -0.05) is 35.5 Å². The summed E-state index contributed by atoms with van der Waals surface area (Å²) in [6, 6.07) is 10.1. The van der Waals surface area contributed by atoms with Crippen LogP contribution >= 0.6 is 0 Å². The van der Waals surface area contributed by atoms with Gasteiger partial charge in [0.1, 0.15) is 18.3 Å². The maximum absolute atomic E-state index is 12.3. The Morgan fingerprint density at radius 2 is 2.08 bits per heavy atom. The van der Waals surface area contributed by atoms with Gasteiger partial charge in [-0.25, -0.2) is 4.98 Å². The van der Waals surface area contributed by atoms with Crippen LogP contribution in [0.5, 0.6) is 0 Å². The maximum atomic E-state index is 12.3. The molecule has 1 N–H and O–H groups in total. The van der Waals surface area contributed by atoms with Crippen molar-refractivity contribution in [3.05, 3.63) is 58.3 Å². The van der Waals surface area contributed by atoms with Crippen molar-refractivity contribution in [2.45, 2.75) is 26.3 Å². The van der Waals surface area contributed by atoms with Gasteiger partial charge in [-0.15, -0.1) is 0 Å². The van der Waals surface area contributed by atoms with Gasteiger partial charge in [-0.3, -0.25) is 14.2 Å². The van der Waals surface area contributed by atoms with Gasteiger partial charge in [0.15, 0.2) is 0 Å². The second-order valence-electron chi connectivity index (χ2n) is 5.56. The second kappa shape index (κ2) is 7.08. The minimum absolute atomic E-state index is 0.0717. The van der Waals surface area contributed by atoms with Gasteiger partial charge in [0.25, 0.3) is 11.3 Å². The van der Waals surface area contributed by atoms with E-state index in [1.165, 1.54) is 16.5 Å². The molecule has 2 aromatic heterocycles. The predicted molar refractivity (Wildman–Crippen MR) is 88.6 cm³/mol. The number of rotatable bonds is 6. The second-order valence-corrected chi connectivity index (χ2v) is 5.56. The van der Waals surface area contributed by atoms with Gasteiger partial charge in [-0.2, -0.15) is 0 Å². The largest absolute Gasteiger partial charge is 0.355 e. The third-order valence-electron chi connectivity index (χ3n) is 3.75. The lowest BCUT2D eigenvalue weighted by molar-refractivity contribution is -0.121. The summed E-state index contributed by atoms with van der Waals surface area (Å²) >= 11 is 0. The number of carbonyl (C=O) groups is 1. The summed E-state index contributed by atoms with van der Waals surface area (Å²) in [7, 11) is 0. The molecule has 0 aliphatic carbocycles. The number of carbonyl (C=O) groups excluding carboxylic acids is 1. The smallest absolute Gasteiger partial charge is 0.267 e. The zero-order valence-corrected chi connectivity index (χ0v) is 13.4. The van der Waals surface area contributed by atoms with Crippen molar-refractivity contribution in [1.82, 2.24) is 20.0 Å². The van der Waals surface area contributed by atoms with Crippen LogP contribution in [0.25, 0.3) is 11.1 Å². The van der Waals surface area contributed by atoms with Crippen LogP contribution in [-0.4, -0.2) is 27.2 Å². The fourth-order valence-electron chi connectivity index (χ4n) is 2.50. The number of amides is 1. The number of fused-ring (bicyclic) bond motifs is 1. The van der Waals surface area contributed by atoms with Crippen molar-refractivity contribution in [3.63, 3.8) is 0 Å². The van der Waals surface area contributed by atoms with Crippen LogP contribution in [0.1, 0.15) is 17.7 Å². The zero-order chi connectivity index (χ0) is 16.9. The highest BCUT2D eigenvalue weighted by molar-refractivity contribution is 5.77. The monoisotopic (exact) mass is 326 g/mol. The number of nitrogens with zero attached hydrogens (tertiary/aromatic N) is 3. The molecular weight excluding hydrogens is 308 g/mol. The van der Waals surface area contributed by atoms with Crippen LogP contribution in [-0.2, 0) is 17.8 Å². The Labute approximate surface area is 138 Å². The van der Waals surface area contributed by atoms with Gasteiger partial charge in [0.2, 0.25) is 5.91 Å². The average Bonchev–Trinajstić information content (AvgIpc) is 2.97. The molecule has 2 heterocycles. The standard InChI is InChI=1S/C17H18N4O3/c1-12-15-16(24-20-12)19-11-21(17(15)23)10-14(22)18-9-5-8-13-6-3-2-4-7-13/h2-4,6-7,11H,5,8-10H2,1H3,(H,18,22). The number of aromatic nitrogens is 3. The Morgan fingerprint density at radius 3 is 2.88 bits per heavy atom. The van der Waals surface area contributed by atoms with Crippen LogP contribution in [0.2, 0.25) is 0 Å². The highest BCUT2D eigenvalue weighted by atomic mass is 16.5. The summed E-state index contributed by atoms with van der Waals surface area (Å²) in [6.45, 7) is 2.16. The van der Waals surface area contributed by atoms with Gasteiger partial charge >= 0.3 is 0 Å². The molecule has 0 spiro atoms. The van der Waals surface area contributed by atoms with Crippen molar-refractivity contribution in [2.24, 2.45) is 0 Å². The Bertz CT molecular complexity index is 899. The molecule has 3 rings (SSSR count). The van der Waals surface area contributed by atoms with Crippen molar-refractivity contribution >= 4 is 17.0 Å². The van der Waals surface area contributed by atoms with Gasteiger partial charge in [0.05, 0.1) is 5.69 Å². The fraction of sp³-hybridized carbons (Fsp3) is 0.294. The minimum Gasteiger partial charge on any atom is -0.355 e. The zero-order valence-electron chi connectivity index (χ0n) is 13.4. The molecule has 0 radical (unpaired) electrons. The SMILES string of the molecule is Cc1noc2ncn(CC(=O)NCCCc3ccccc3)c(=O)c12. The molecule has 0 aliphatic rings. The molecule has 1 amide bonds. The minimum atomic E-state index is -0.321. The third-order valence-corrected chi connectivity index (χ3v) is 3.75. The third kappa shape index (κ3) is 3.51. The van der Waals surface area contributed by atoms with Gasteiger partial charge < -0.3 is 9.84 Å². The molecule has 7 heteroatoms. The molecule has 0 atom stereocenters. The van der Waals surface area contributed by atoms with Crippen LogP contribution in [0.3, 0.4) is 0 Å². The molecule has 7 nitrogen and oxygen atoms in total. The van der Waals surface area contributed by atoms with Crippen molar-refractivity contribution in [1.29, 1.82) is 0 Å². The summed E-state index contributed by atoms with van der Waals surface area (Å²) in [5, 5.41) is 6.85. The first-order valence-corrected chi connectivity index (χ1v) is 7.77. The first-order chi connectivity index (χ1) is 11.6. The van der Waals surface area contributed by atoms with E-state index >= 15 is 0 Å². The number of nitrogens with one attached hydrogen (secondary N) is 1. The molecule has 24 heavy (non-hydrogen) atoms. The van der Waals surface area contributed by atoms with Crippen molar-refractivity contribution in [3.8, 4) is 0 Å². The maximum Gasteiger partial charge on any atom is 0.267 e. The van der Waals surface area contributed by atoms with E-state index in [0.717, 1.165) is 12.8 Å². The highest BCUT2D eigenvalue weighted by Crippen LogP contribution is 2.09. The quantitative estimate of drug-likeness (QED) is 0.692. The number of hydrogen-bond donors (Lipinski definition) is 1. The number of benzene rings is 1. The van der Waals surface area contributed by atoms with Crippen LogP contribution in [0.4, 0.5) is 0 Å². The van der Waals surface area contributed by atoms with E-state index in [4.69, 9.17) is 4.52 Å². The molecule has 0 saturated carbocycles. The van der Waals surface area contributed by atoms with E-state index in [1.807, 2.05) is 18.2 Å². The number of hydrogen-bond acceptors (Lipinski definition) is 5. The molecule has 124 valence electrons. The Morgan fingerprint density at radius 1 is 1.29 bits per heavy atom. The fourth-order valence-corrected chi connectivity index (χ4v) is 2.50. The topological polar surface area (TPSA) is 90.0 Å². The Balaban J connectivity index is 1.54. The van der Waals surface area contributed by atoms with E-state index < -0.39 is 0 Å². The number of aryl methyl sites for hydroxylation is 2. The van der Waals surface area contributed by atoms with Crippen LogP contribution in [0.15, 0.2) is 46.0 Å². The average molecular weight is 326 g/mol. The van der Waals surface area contributed by atoms with E-state index in [0.29, 0.717) is 17.6 Å². The first kappa shape index (κ1) is 15.9. The molecule has 0 saturated heterocycles. The van der Waals surface area contributed by atoms with Crippen LogP contribution < -0.4 is 10.9 Å². The van der Waals surface area contributed by atoms with Crippen LogP contribution in [0, 0.1) is 6.92 Å². The molecule has 3 aromatic rings. The Kier molecular flexibility index (Phi) is 4.69.